The van der Waals surface area contributed by atoms with Crippen LogP contribution in [0.1, 0.15) is 108 Å². The van der Waals surface area contributed by atoms with Crippen LogP contribution in [0, 0.1) is 0 Å². The van der Waals surface area contributed by atoms with Crippen LogP contribution in [0.2, 0.25) is 0 Å². The number of nitrogens with zero attached hydrogens (tertiary/aromatic N) is 1. The van der Waals surface area contributed by atoms with Crippen LogP contribution in [0.4, 0.5) is 0 Å². The predicted octanol–water partition coefficient (Wildman–Crippen LogP) is 6.52. The summed E-state index contributed by atoms with van der Waals surface area (Å²) in [4.78, 5) is 7.56. The Hall–Kier alpha value is -1.09. The van der Waals surface area contributed by atoms with Crippen molar-refractivity contribution in [2.24, 2.45) is 0 Å². The van der Waals surface area contributed by atoms with E-state index in [0.717, 1.165) is 12.2 Å². The van der Waals surface area contributed by atoms with Gasteiger partial charge in [0.1, 0.15) is 5.82 Å². The normalized spacial score (nSPS) is 11.6. The molecule has 0 amide bonds. The standard InChI is InChI=1S/C23H42N2O/c1-2-3-4-5-6-7-8-9-10-11-12-13-14-15-16-17-18-22-21-24-23(25-22)19-20-26/h9-10,21,26H,2-8,11-20H2,1H3,(H,24,25)/b10-9-. The number of aliphatic hydroxyl groups is 1. The highest BCUT2D eigenvalue weighted by Crippen LogP contribution is 2.11. The van der Waals surface area contributed by atoms with E-state index in [1.165, 1.54) is 95.6 Å². The second-order valence-electron chi connectivity index (χ2n) is 7.52. The van der Waals surface area contributed by atoms with E-state index in [1.807, 2.05) is 6.20 Å². The van der Waals surface area contributed by atoms with Crippen molar-refractivity contribution in [2.75, 3.05) is 6.61 Å². The first-order valence-corrected chi connectivity index (χ1v) is 11.2. The summed E-state index contributed by atoms with van der Waals surface area (Å²) in [6.45, 7) is 2.45. The lowest BCUT2D eigenvalue weighted by Gasteiger charge is -2.01. The monoisotopic (exact) mass is 362 g/mol. The zero-order valence-corrected chi connectivity index (χ0v) is 17.1. The zero-order chi connectivity index (χ0) is 18.7. The minimum atomic E-state index is 0.168. The van der Waals surface area contributed by atoms with E-state index in [0.29, 0.717) is 6.42 Å². The van der Waals surface area contributed by atoms with Gasteiger partial charge >= 0.3 is 0 Å². The van der Waals surface area contributed by atoms with Crippen LogP contribution in [-0.4, -0.2) is 21.7 Å². The smallest absolute Gasteiger partial charge is 0.108 e. The van der Waals surface area contributed by atoms with E-state index in [2.05, 4.69) is 29.0 Å². The zero-order valence-electron chi connectivity index (χ0n) is 17.1. The van der Waals surface area contributed by atoms with Crippen molar-refractivity contribution in [3.8, 4) is 0 Å². The molecule has 1 aromatic rings. The molecule has 0 radical (unpaired) electrons. The first kappa shape index (κ1) is 23.0. The van der Waals surface area contributed by atoms with Gasteiger partial charge in [0.05, 0.1) is 6.61 Å². The average Bonchev–Trinajstić information content (AvgIpc) is 3.09. The molecule has 2 N–H and O–H groups in total. The first-order chi connectivity index (χ1) is 12.9. The molecule has 0 saturated heterocycles. The molecule has 0 spiro atoms. The number of hydrogen-bond acceptors (Lipinski definition) is 2. The maximum Gasteiger partial charge on any atom is 0.108 e. The van der Waals surface area contributed by atoms with Gasteiger partial charge in [-0.2, -0.15) is 0 Å². The lowest BCUT2D eigenvalue weighted by Crippen LogP contribution is -1.93. The second-order valence-corrected chi connectivity index (χ2v) is 7.52. The number of aryl methyl sites for hydroxylation is 1. The Morgan fingerprint density at radius 3 is 2.00 bits per heavy atom. The van der Waals surface area contributed by atoms with Crippen molar-refractivity contribution in [1.29, 1.82) is 0 Å². The number of aromatic amines is 1. The summed E-state index contributed by atoms with van der Waals surface area (Å²) in [5, 5.41) is 8.89. The summed E-state index contributed by atoms with van der Waals surface area (Å²) in [6, 6.07) is 0. The van der Waals surface area contributed by atoms with Gasteiger partial charge in [-0.1, -0.05) is 76.9 Å². The molecule has 0 atom stereocenters. The van der Waals surface area contributed by atoms with Crippen LogP contribution < -0.4 is 0 Å². The Morgan fingerprint density at radius 1 is 0.808 bits per heavy atom. The van der Waals surface area contributed by atoms with Crippen LogP contribution in [-0.2, 0) is 12.8 Å². The number of aromatic nitrogens is 2. The number of imidazole rings is 1. The Balaban J connectivity index is 1.81. The quantitative estimate of drug-likeness (QED) is 0.230. The number of H-pyrrole nitrogens is 1. The molecule has 1 rings (SSSR count). The molecule has 150 valence electrons. The van der Waals surface area contributed by atoms with Crippen molar-refractivity contribution in [3.63, 3.8) is 0 Å². The second kappa shape index (κ2) is 17.3. The summed E-state index contributed by atoms with van der Waals surface area (Å²) in [5.41, 5.74) is 1.21. The van der Waals surface area contributed by atoms with Crippen LogP contribution in [0.3, 0.4) is 0 Å². The van der Waals surface area contributed by atoms with E-state index >= 15 is 0 Å². The summed E-state index contributed by atoms with van der Waals surface area (Å²) < 4.78 is 0. The van der Waals surface area contributed by atoms with Gasteiger partial charge < -0.3 is 10.1 Å². The predicted molar refractivity (Wildman–Crippen MR) is 113 cm³/mol. The minimum absolute atomic E-state index is 0.168. The van der Waals surface area contributed by atoms with Crippen LogP contribution in [0.5, 0.6) is 0 Å². The van der Waals surface area contributed by atoms with Gasteiger partial charge in [0.15, 0.2) is 0 Å². The highest BCUT2D eigenvalue weighted by atomic mass is 16.3. The molecule has 0 aliphatic carbocycles. The Morgan fingerprint density at radius 2 is 1.38 bits per heavy atom. The highest BCUT2D eigenvalue weighted by molar-refractivity contribution is 5.01. The van der Waals surface area contributed by atoms with Gasteiger partial charge in [0.25, 0.3) is 0 Å². The number of hydrogen-bond donors (Lipinski definition) is 2. The average molecular weight is 363 g/mol. The topological polar surface area (TPSA) is 48.9 Å². The molecule has 0 aliphatic heterocycles. The molecule has 0 fully saturated rings. The van der Waals surface area contributed by atoms with Gasteiger partial charge in [-0.25, -0.2) is 4.98 Å². The third kappa shape index (κ3) is 13.2. The van der Waals surface area contributed by atoms with Crippen molar-refractivity contribution in [1.82, 2.24) is 9.97 Å². The van der Waals surface area contributed by atoms with Gasteiger partial charge in [0, 0.05) is 18.3 Å². The fourth-order valence-corrected chi connectivity index (χ4v) is 3.33. The van der Waals surface area contributed by atoms with Gasteiger partial charge in [0.2, 0.25) is 0 Å². The Kier molecular flexibility index (Phi) is 15.3. The van der Waals surface area contributed by atoms with E-state index in [1.54, 1.807) is 0 Å². The minimum Gasteiger partial charge on any atom is -0.396 e. The maximum atomic E-state index is 8.89. The van der Waals surface area contributed by atoms with Crippen LogP contribution >= 0.6 is 0 Å². The highest BCUT2D eigenvalue weighted by Gasteiger charge is 2.00. The maximum absolute atomic E-state index is 8.89. The molecule has 26 heavy (non-hydrogen) atoms. The first-order valence-electron chi connectivity index (χ1n) is 11.2. The molecule has 0 aromatic carbocycles. The lowest BCUT2D eigenvalue weighted by atomic mass is 10.1. The van der Waals surface area contributed by atoms with Crippen molar-refractivity contribution >= 4 is 0 Å². The molecule has 0 saturated carbocycles. The van der Waals surface area contributed by atoms with Crippen LogP contribution in [0.25, 0.3) is 0 Å². The fourth-order valence-electron chi connectivity index (χ4n) is 3.33. The molecule has 0 aliphatic rings. The van der Waals surface area contributed by atoms with Crippen molar-refractivity contribution in [3.05, 3.63) is 29.9 Å². The van der Waals surface area contributed by atoms with Crippen molar-refractivity contribution in [2.45, 2.75) is 110 Å². The fraction of sp³-hybridized carbons (Fsp3) is 0.783. The molecule has 1 aromatic heterocycles. The molecule has 0 bridgehead atoms. The van der Waals surface area contributed by atoms with Gasteiger partial charge in [-0.05, 0) is 38.5 Å². The summed E-state index contributed by atoms with van der Waals surface area (Å²) in [5.74, 6) is 0.909. The Labute approximate surface area is 161 Å². The summed E-state index contributed by atoms with van der Waals surface area (Å²) in [7, 11) is 0. The molecular formula is C23H42N2O. The summed E-state index contributed by atoms with van der Waals surface area (Å²) >= 11 is 0. The number of allylic oxidation sites excluding steroid dienone is 2. The van der Waals surface area contributed by atoms with E-state index in [9.17, 15) is 0 Å². The molecular weight excluding hydrogens is 320 g/mol. The molecule has 0 unspecified atom stereocenters. The molecule has 3 heteroatoms. The Bertz CT molecular complexity index is 439. The third-order valence-electron chi connectivity index (χ3n) is 4.99. The third-order valence-corrected chi connectivity index (χ3v) is 4.99. The van der Waals surface area contributed by atoms with E-state index in [-0.39, 0.29) is 6.61 Å². The number of unbranched alkanes of at least 4 members (excludes halogenated alkanes) is 12. The van der Waals surface area contributed by atoms with Gasteiger partial charge in [-0.15, -0.1) is 0 Å². The lowest BCUT2D eigenvalue weighted by molar-refractivity contribution is 0.297. The molecule has 1 heterocycles. The van der Waals surface area contributed by atoms with E-state index in [4.69, 9.17) is 5.11 Å². The van der Waals surface area contributed by atoms with Crippen molar-refractivity contribution < 1.29 is 5.11 Å². The van der Waals surface area contributed by atoms with E-state index < -0.39 is 0 Å². The SMILES string of the molecule is CCCCCCCC/C=C\CCCCCCCCc1cnc(CCO)[nH]1. The molecule has 3 nitrogen and oxygen atoms in total. The number of nitrogens with one attached hydrogen (secondary N) is 1. The largest absolute Gasteiger partial charge is 0.396 e. The summed E-state index contributed by atoms with van der Waals surface area (Å²) in [6.07, 6.45) is 27.3. The van der Waals surface area contributed by atoms with Crippen LogP contribution in [0.15, 0.2) is 18.3 Å². The number of aliphatic hydroxyl groups excluding tert-OH is 1. The number of rotatable bonds is 18. The van der Waals surface area contributed by atoms with Gasteiger partial charge in [-0.3, -0.25) is 0 Å².